The average Bonchev–Trinajstić information content (AvgIpc) is 2.88. The highest BCUT2D eigenvalue weighted by Crippen LogP contribution is 2.16. The summed E-state index contributed by atoms with van der Waals surface area (Å²) in [5.41, 5.74) is 3.19. The third-order valence-electron chi connectivity index (χ3n) is 3.06. The van der Waals surface area contributed by atoms with E-state index in [-0.39, 0.29) is 5.91 Å². The molecule has 94 valence electrons. The lowest BCUT2D eigenvalue weighted by atomic mass is 10.2. The van der Waals surface area contributed by atoms with Crippen LogP contribution in [-0.2, 0) is 0 Å². The lowest BCUT2D eigenvalue weighted by molar-refractivity contribution is 0.102. The van der Waals surface area contributed by atoms with Crippen molar-refractivity contribution >= 4 is 22.6 Å². The molecule has 0 bridgehead atoms. The Morgan fingerprint density at radius 2 is 2.11 bits per heavy atom. The van der Waals surface area contributed by atoms with Crippen LogP contribution in [0.4, 0.5) is 5.69 Å². The minimum atomic E-state index is -0.148. The van der Waals surface area contributed by atoms with Crippen molar-refractivity contribution < 1.29 is 4.79 Å². The summed E-state index contributed by atoms with van der Waals surface area (Å²) in [7, 11) is 0. The molecule has 1 amide bonds. The van der Waals surface area contributed by atoms with E-state index in [1.54, 1.807) is 12.4 Å². The molecule has 0 fully saturated rings. The molecule has 0 aliphatic heterocycles. The van der Waals surface area contributed by atoms with Crippen LogP contribution in [0.25, 0.3) is 11.0 Å². The standard InChI is InChI=1S/C15H13N3O/c1-10-4-2-3-5-13(10)18-15(19)12-8-11-6-7-16-14(11)17-9-12/h2-9H,1H3,(H,16,17)(H,18,19). The molecule has 2 heterocycles. The Balaban J connectivity index is 1.89. The molecule has 0 atom stereocenters. The number of anilines is 1. The number of benzene rings is 1. The van der Waals surface area contributed by atoms with Crippen LogP contribution >= 0.6 is 0 Å². The molecular weight excluding hydrogens is 238 g/mol. The Morgan fingerprint density at radius 1 is 1.26 bits per heavy atom. The van der Waals surface area contributed by atoms with Gasteiger partial charge in [0.1, 0.15) is 5.65 Å². The van der Waals surface area contributed by atoms with Crippen LogP contribution in [0.3, 0.4) is 0 Å². The van der Waals surface area contributed by atoms with Crippen LogP contribution in [0.2, 0.25) is 0 Å². The molecule has 0 unspecified atom stereocenters. The van der Waals surface area contributed by atoms with E-state index < -0.39 is 0 Å². The zero-order valence-corrected chi connectivity index (χ0v) is 10.5. The molecular formula is C15H13N3O. The number of aromatic nitrogens is 2. The second-order valence-electron chi connectivity index (χ2n) is 4.41. The summed E-state index contributed by atoms with van der Waals surface area (Å²) in [6, 6.07) is 11.4. The number of rotatable bonds is 2. The van der Waals surface area contributed by atoms with E-state index in [1.165, 1.54) is 0 Å². The molecule has 0 aliphatic carbocycles. The second kappa shape index (κ2) is 4.57. The van der Waals surface area contributed by atoms with Crippen molar-refractivity contribution in [1.29, 1.82) is 0 Å². The average molecular weight is 251 g/mol. The number of H-pyrrole nitrogens is 1. The zero-order valence-electron chi connectivity index (χ0n) is 10.5. The number of carbonyl (C=O) groups is 1. The fourth-order valence-electron chi connectivity index (χ4n) is 1.97. The van der Waals surface area contributed by atoms with Gasteiger partial charge in [0.15, 0.2) is 0 Å². The van der Waals surface area contributed by atoms with E-state index in [9.17, 15) is 4.79 Å². The maximum atomic E-state index is 12.2. The van der Waals surface area contributed by atoms with Crippen molar-refractivity contribution in [3.63, 3.8) is 0 Å². The number of fused-ring (bicyclic) bond motifs is 1. The van der Waals surface area contributed by atoms with E-state index in [0.29, 0.717) is 5.56 Å². The molecule has 0 saturated carbocycles. The summed E-state index contributed by atoms with van der Waals surface area (Å²) < 4.78 is 0. The minimum Gasteiger partial charge on any atom is -0.346 e. The highest BCUT2D eigenvalue weighted by molar-refractivity contribution is 6.05. The number of amides is 1. The van der Waals surface area contributed by atoms with Crippen molar-refractivity contribution in [3.8, 4) is 0 Å². The third kappa shape index (κ3) is 2.20. The number of nitrogens with one attached hydrogen (secondary N) is 2. The quantitative estimate of drug-likeness (QED) is 0.735. The van der Waals surface area contributed by atoms with E-state index in [0.717, 1.165) is 22.3 Å². The second-order valence-corrected chi connectivity index (χ2v) is 4.41. The van der Waals surface area contributed by atoms with E-state index in [4.69, 9.17) is 0 Å². The van der Waals surface area contributed by atoms with Gasteiger partial charge in [-0.25, -0.2) is 4.98 Å². The predicted molar refractivity (Wildman–Crippen MR) is 75.2 cm³/mol. The van der Waals surface area contributed by atoms with Crippen LogP contribution in [0.1, 0.15) is 15.9 Å². The predicted octanol–water partition coefficient (Wildman–Crippen LogP) is 3.12. The number of aromatic amines is 1. The minimum absolute atomic E-state index is 0.148. The number of pyridine rings is 1. The summed E-state index contributed by atoms with van der Waals surface area (Å²) in [5, 5.41) is 3.82. The van der Waals surface area contributed by atoms with Crippen molar-refractivity contribution in [2.75, 3.05) is 5.32 Å². The number of para-hydroxylation sites is 1. The highest BCUT2D eigenvalue weighted by atomic mass is 16.1. The molecule has 4 nitrogen and oxygen atoms in total. The number of nitrogens with zero attached hydrogens (tertiary/aromatic N) is 1. The van der Waals surface area contributed by atoms with Gasteiger partial charge in [-0.05, 0) is 30.7 Å². The number of carbonyl (C=O) groups excluding carboxylic acids is 1. The Bertz CT molecular complexity index is 746. The van der Waals surface area contributed by atoms with Gasteiger partial charge in [0.2, 0.25) is 0 Å². The van der Waals surface area contributed by atoms with Gasteiger partial charge in [0, 0.05) is 23.5 Å². The van der Waals surface area contributed by atoms with Crippen LogP contribution in [0, 0.1) is 6.92 Å². The van der Waals surface area contributed by atoms with Gasteiger partial charge in [-0.3, -0.25) is 4.79 Å². The SMILES string of the molecule is Cc1ccccc1NC(=O)c1cnc2[nH]ccc2c1. The van der Waals surface area contributed by atoms with E-state index in [1.807, 2.05) is 43.3 Å². The van der Waals surface area contributed by atoms with Gasteiger partial charge in [0.05, 0.1) is 5.56 Å². The highest BCUT2D eigenvalue weighted by Gasteiger charge is 2.09. The first-order valence-electron chi connectivity index (χ1n) is 6.04. The van der Waals surface area contributed by atoms with Crippen LogP contribution in [-0.4, -0.2) is 15.9 Å². The smallest absolute Gasteiger partial charge is 0.257 e. The van der Waals surface area contributed by atoms with Gasteiger partial charge in [0.25, 0.3) is 5.91 Å². The largest absolute Gasteiger partial charge is 0.346 e. The fraction of sp³-hybridized carbons (Fsp3) is 0.0667. The molecule has 3 aromatic rings. The Kier molecular flexibility index (Phi) is 2.76. The Hall–Kier alpha value is -2.62. The summed E-state index contributed by atoms with van der Waals surface area (Å²) in [4.78, 5) is 19.4. The summed E-state index contributed by atoms with van der Waals surface area (Å²) in [6.07, 6.45) is 3.38. The number of hydrogen-bond donors (Lipinski definition) is 2. The molecule has 1 aromatic carbocycles. The first kappa shape index (κ1) is 11.5. The van der Waals surface area contributed by atoms with Crippen molar-refractivity contribution in [1.82, 2.24) is 9.97 Å². The molecule has 0 aliphatic rings. The number of aryl methyl sites for hydroxylation is 1. The van der Waals surface area contributed by atoms with Gasteiger partial charge in [-0.15, -0.1) is 0 Å². The molecule has 2 N–H and O–H groups in total. The first-order valence-corrected chi connectivity index (χ1v) is 6.04. The number of hydrogen-bond acceptors (Lipinski definition) is 2. The van der Waals surface area contributed by atoms with Crippen LogP contribution in [0.5, 0.6) is 0 Å². The summed E-state index contributed by atoms with van der Waals surface area (Å²) in [6.45, 7) is 1.96. The maximum Gasteiger partial charge on any atom is 0.257 e. The van der Waals surface area contributed by atoms with Crippen molar-refractivity contribution in [3.05, 3.63) is 59.9 Å². The normalized spacial score (nSPS) is 10.6. The van der Waals surface area contributed by atoms with Crippen LogP contribution < -0.4 is 5.32 Å². The Morgan fingerprint density at radius 3 is 2.95 bits per heavy atom. The Labute approximate surface area is 110 Å². The summed E-state index contributed by atoms with van der Waals surface area (Å²) >= 11 is 0. The maximum absolute atomic E-state index is 12.2. The molecule has 3 rings (SSSR count). The van der Waals surface area contributed by atoms with Crippen molar-refractivity contribution in [2.24, 2.45) is 0 Å². The van der Waals surface area contributed by atoms with Gasteiger partial charge in [-0.2, -0.15) is 0 Å². The topological polar surface area (TPSA) is 57.8 Å². The zero-order chi connectivity index (χ0) is 13.2. The molecule has 2 aromatic heterocycles. The fourth-order valence-corrected chi connectivity index (χ4v) is 1.97. The van der Waals surface area contributed by atoms with Gasteiger partial charge < -0.3 is 10.3 Å². The molecule has 0 spiro atoms. The van der Waals surface area contributed by atoms with E-state index in [2.05, 4.69) is 15.3 Å². The lowest BCUT2D eigenvalue weighted by Crippen LogP contribution is -2.12. The first-order chi connectivity index (χ1) is 9.24. The van der Waals surface area contributed by atoms with Crippen LogP contribution in [0.15, 0.2) is 48.8 Å². The lowest BCUT2D eigenvalue weighted by Gasteiger charge is -2.07. The third-order valence-corrected chi connectivity index (χ3v) is 3.06. The summed E-state index contributed by atoms with van der Waals surface area (Å²) in [5.74, 6) is -0.148. The monoisotopic (exact) mass is 251 g/mol. The molecule has 19 heavy (non-hydrogen) atoms. The van der Waals surface area contributed by atoms with E-state index >= 15 is 0 Å². The molecule has 0 saturated heterocycles. The molecule has 0 radical (unpaired) electrons. The van der Waals surface area contributed by atoms with Gasteiger partial charge in [-0.1, -0.05) is 18.2 Å². The molecule has 4 heteroatoms. The van der Waals surface area contributed by atoms with Crippen molar-refractivity contribution in [2.45, 2.75) is 6.92 Å². The van der Waals surface area contributed by atoms with Gasteiger partial charge >= 0.3 is 0 Å².